The first-order valence-corrected chi connectivity index (χ1v) is 30.7. The van der Waals surface area contributed by atoms with E-state index in [1.807, 2.05) is 6.92 Å². The van der Waals surface area contributed by atoms with Gasteiger partial charge in [-0.3, -0.25) is 4.79 Å². The molecule has 506 valence electrons. The second kappa shape index (κ2) is 26.6. The Morgan fingerprint density at radius 2 is 1.20 bits per heavy atom. The Kier molecular flexibility index (Phi) is 21.2. The summed E-state index contributed by atoms with van der Waals surface area (Å²) in [5.41, 5.74) is -3.62. The van der Waals surface area contributed by atoms with Gasteiger partial charge in [-0.2, -0.15) is 0 Å². The highest BCUT2D eigenvalue weighted by molar-refractivity contribution is 5.77. The van der Waals surface area contributed by atoms with Gasteiger partial charge in [-0.15, -0.1) is 0 Å². The number of hydrogen-bond donors (Lipinski definition) is 19. The summed E-state index contributed by atoms with van der Waals surface area (Å²) in [4.78, 5) is 14.4. The van der Waals surface area contributed by atoms with Crippen molar-refractivity contribution in [2.24, 2.45) is 44.3 Å². The Hall–Kier alpha value is -2.13. The van der Waals surface area contributed by atoms with E-state index in [4.69, 9.17) is 47.7 Å². The van der Waals surface area contributed by atoms with Crippen LogP contribution in [0.2, 0.25) is 0 Å². The van der Waals surface area contributed by atoms with Crippen LogP contribution in [0.15, 0.2) is 23.3 Å². The summed E-state index contributed by atoms with van der Waals surface area (Å²) in [5.74, 6) is -1.12. The minimum Gasteiger partial charge on any atom is -0.462 e. The van der Waals surface area contributed by atoms with Gasteiger partial charge in [0.1, 0.15) is 116 Å². The maximum atomic E-state index is 14.4. The summed E-state index contributed by atoms with van der Waals surface area (Å²) < 4.78 is 53.1. The number of carbonyl (C=O) groups is 1. The van der Waals surface area contributed by atoms with Crippen molar-refractivity contribution in [3.05, 3.63) is 23.3 Å². The fourth-order valence-electron chi connectivity index (χ4n) is 16.7. The molecule has 9 rings (SSSR count). The van der Waals surface area contributed by atoms with Gasteiger partial charge in [-0.05, 0) is 93.5 Å². The molecular weight excluding hydrogens is 1170 g/mol. The standard InChI is InChI=1S/C59H96O29/c1-24-36(68)47(87-52-48(43(75)39(71)30(19-62)84-52)88-50-45(77)41(73)38(70)29(18-61)83-50)46(78)51(82-24)86-35-10-11-55(3)32(56(35,4)22-63)9-12-57(5)33(55)8-7-25-26-15-54(2,13-14-59(26,23-64)34(67)16-58(25,57)6)53(79)81-21-31-40(72)42(74)44(76)49(85-31)80-20-28(66)37(69)27(65)17-60/h7-8,24,27-52,60-78H,9-23H2,1-6H3/t24-,27?,28?,29-,30-,31-,32-,33-,34-,35?,36+,37?,38-,39-,40-,41+,42+,43+,44-,45-,46-,47+,48-,49-,50+,51+,52+,54+,55+,56+,57-,58-,59-/m1/s1. The number of hydrogen-bond acceptors (Lipinski definition) is 29. The fraction of sp³-hybridized carbons (Fsp3) is 0.915. The van der Waals surface area contributed by atoms with Gasteiger partial charge < -0.3 is 140 Å². The minimum atomic E-state index is -1.96. The molecule has 33 atom stereocenters. The van der Waals surface area contributed by atoms with Crippen LogP contribution in [0.5, 0.6) is 0 Å². The summed E-state index contributed by atoms with van der Waals surface area (Å²) in [6, 6.07) is 0. The Balaban J connectivity index is 0.919. The zero-order valence-electron chi connectivity index (χ0n) is 50.4. The second-order valence-corrected chi connectivity index (χ2v) is 27.7. The number of esters is 1. The molecule has 0 spiro atoms. The van der Waals surface area contributed by atoms with Gasteiger partial charge in [0.05, 0.1) is 63.4 Å². The second-order valence-electron chi connectivity index (χ2n) is 27.7. The van der Waals surface area contributed by atoms with E-state index in [9.17, 15) is 96.7 Å². The summed E-state index contributed by atoms with van der Waals surface area (Å²) in [7, 11) is 0. The molecule has 4 heterocycles. The lowest BCUT2D eigenvalue weighted by atomic mass is 9.35. The van der Waals surface area contributed by atoms with Gasteiger partial charge in [-0.25, -0.2) is 0 Å². The Morgan fingerprint density at radius 3 is 1.83 bits per heavy atom. The normalized spacial score (nSPS) is 51.5. The number of fused-ring (bicyclic) bond motifs is 6. The molecule has 0 amide bonds. The largest absolute Gasteiger partial charge is 0.462 e. The van der Waals surface area contributed by atoms with E-state index in [0.717, 1.165) is 5.57 Å². The molecule has 0 radical (unpaired) electrons. The molecule has 0 aromatic carbocycles. The minimum absolute atomic E-state index is 0.0666. The van der Waals surface area contributed by atoms with Crippen molar-refractivity contribution in [3.63, 3.8) is 0 Å². The SMILES string of the molecule is C[C@H]1O[C@@H](OC2CC[C@@]3(C)[C@@H](CC[C@]4(C)[C@@H]3C=CC3=C5C[C@@](C)(C(=O)OC[C@H]6O[C@@H](OCC(O)C(O)C(O)CO)[C@H](O)[C@@H](O)[C@@H]6O)CC[C@]5(CO)[C@H](O)C[C@]34C)[C@]2(C)CO)[C@H](O)[C@@H](O[C@@H]2O[C@H](CO)[C@@H](O)[C@H](O)[C@H]2O[C@@H]2O[C@H](CO)[C@@H](O)[C@H](O)[C@H]2O)[C@H]1O. The van der Waals surface area contributed by atoms with Gasteiger partial charge >= 0.3 is 5.97 Å². The van der Waals surface area contributed by atoms with Crippen LogP contribution in [0.1, 0.15) is 92.9 Å². The summed E-state index contributed by atoms with van der Waals surface area (Å²) in [6.45, 7) is 6.96. The Bertz CT molecular complexity index is 2460. The van der Waals surface area contributed by atoms with Crippen molar-refractivity contribution >= 4 is 5.97 Å². The topological polar surface area (TPSA) is 485 Å². The average molecular weight is 1270 g/mol. The quantitative estimate of drug-likeness (QED) is 0.0423. The number of carbonyl (C=O) groups excluding carboxylic acids is 1. The fourth-order valence-corrected chi connectivity index (χ4v) is 16.7. The van der Waals surface area contributed by atoms with Crippen LogP contribution in [0, 0.1) is 44.3 Å². The summed E-state index contributed by atoms with van der Waals surface area (Å²) in [5, 5.41) is 204. The molecule has 29 heteroatoms. The van der Waals surface area contributed by atoms with Gasteiger partial charge in [0.25, 0.3) is 0 Å². The molecule has 19 N–H and O–H groups in total. The highest BCUT2D eigenvalue weighted by Crippen LogP contribution is 2.74. The van der Waals surface area contributed by atoms with Crippen LogP contribution in [0.25, 0.3) is 0 Å². The predicted molar refractivity (Wildman–Crippen MR) is 294 cm³/mol. The van der Waals surface area contributed by atoms with Crippen molar-refractivity contribution in [2.45, 2.75) is 246 Å². The molecular formula is C59H96O29. The van der Waals surface area contributed by atoms with E-state index in [1.165, 1.54) is 6.92 Å². The zero-order valence-corrected chi connectivity index (χ0v) is 50.4. The average Bonchev–Trinajstić information content (AvgIpc) is 0.677. The van der Waals surface area contributed by atoms with E-state index < -0.39 is 231 Å². The predicted octanol–water partition coefficient (Wildman–Crippen LogP) is -6.07. The van der Waals surface area contributed by atoms with Crippen LogP contribution < -0.4 is 0 Å². The molecule has 88 heavy (non-hydrogen) atoms. The molecule has 3 saturated carbocycles. The maximum absolute atomic E-state index is 14.4. The molecule has 9 aliphatic rings. The van der Waals surface area contributed by atoms with Gasteiger partial charge in [0, 0.05) is 16.2 Å². The van der Waals surface area contributed by atoms with Crippen LogP contribution in [0.3, 0.4) is 0 Å². The highest BCUT2D eigenvalue weighted by atomic mass is 16.8. The highest BCUT2D eigenvalue weighted by Gasteiger charge is 2.70. The number of allylic oxidation sites excluding steroid dienone is 3. The van der Waals surface area contributed by atoms with E-state index in [-0.39, 0.29) is 44.1 Å². The first-order valence-electron chi connectivity index (χ1n) is 30.7. The summed E-state index contributed by atoms with van der Waals surface area (Å²) >= 11 is 0. The van der Waals surface area contributed by atoms with Gasteiger partial charge in [0.2, 0.25) is 0 Å². The number of aliphatic hydroxyl groups excluding tert-OH is 19. The Morgan fingerprint density at radius 1 is 0.614 bits per heavy atom. The first-order chi connectivity index (χ1) is 41.3. The van der Waals surface area contributed by atoms with Crippen molar-refractivity contribution in [1.82, 2.24) is 0 Å². The van der Waals surface area contributed by atoms with E-state index >= 15 is 0 Å². The number of ether oxygens (including phenoxy) is 9. The lowest BCUT2D eigenvalue weighted by Crippen LogP contribution is -2.67. The van der Waals surface area contributed by atoms with Crippen molar-refractivity contribution in [2.75, 3.05) is 46.2 Å². The van der Waals surface area contributed by atoms with E-state index in [2.05, 4.69) is 32.9 Å². The molecule has 4 saturated heterocycles. The van der Waals surface area contributed by atoms with Crippen LogP contribution in [0.4, 0.5) is 0 Å². The first kappa shape index (κ1) is 70.2. The van der Waals surface area contributed by atoms with Crippen molar-refractivity contribution in [1.29, 1.82) is 0 Å². The van der Waals surface area contributed by atoms with Crippen LogP contribution >= 0.6 is 0 Å². The molecule has 0 bridgehead atoms. The molecule has 4 unspecified atom stereocenters. The molecule has 5 aliphatic carbocycles. The van der Waals surface area contributed by atoms with Crippen molar-refractivity contribution in [3.8, 4) is 0 Å². The third kappa shape index (κ3) is 11.8. The lowest BCUT2D eigenvalue weighted by Gasteiger charge is -2.70. The zero-order chi connectivity index (χ0) is 64.7. The molecule has 0 aromatic rings. The Labute approximate surface area is 509 Å². The monoisotopic (exact) mass is 1270 g/mol. The maximum Gasteiger partial charge on any atom is 0.312 e. The molecule has 4 aliphatic heterocycles. The molecule has 7 fully saturated rings. The molecule has 29 nitrogen and oxygen atoms in total. The lowest BCUT2D eigenvalue weighted by molar-refractivity contribution is -0.391. The van der Waals surface area contributed by atoms with Crippen molar-refractivity contribution < 1.29 is 144 Å². The van der Waals surface area contributed by atoms with Gasteiger partial charge in [-0.1, -0.05) is 45.4 Å². The third-order valence-electron chi connectivity index (χ3n) is 22.7. The smallest absolute Gasteiger partial charge is 0.312 e. The summed E-state index contributed by atoms with van der Waals surface area (Å²) in [6.07, 6.45) is -34.3. The van der Waals surface area contributed by atoms with Crippen LogP contribution in [-0.4, -0.2) is 303 Å². The van der Waals surface area contributed by atoms with Crippen LogP contribution in [-0.2, 0) is 47.4 Å². The van der Waals surface area contributed by atoms with E-state index in [0.29, 0.717) is 31.3 Å². The van der Waals surface area contributed by atoms with Gasteiger partial charge in [0.15, 0.2) is 25.2 Å². The number of aliphatic hydroxyl groups is 19. The third-order valence-corrected chi connectivity index (χ3v) is 22.7. The molecule has 0 aromatic heterocycles. The number of rotatable bonds is 19. The van der Waals surface area contributed by atoms with E-state index in [1.54, 1.807) is 6.92 Å².